The Bertz CT molecular complexity index is 767. The monoisotopic (exact) mass is 355 g/mol. The van der Waals surface area contributed by atoms with Crippen LogP contribution >= 0.6 is 0 Å². The molecule has 1 aliphatic rings. The molecule has 2 heterocycles. The second-order valence-electron chi connectivity index (χ2n) is 5.89. The Balaban J connectivity index is 2.23. The molecule has 8 nitrogen and oxygen atoms in total. The van der Waals surface area contributed by atoms with Crippen molar-refractivity contribution >= 4 is 29.2 Å². The van der Waals surface area contributed by atoms with E-state index in [0.29, 0.717) is 30.8 Å². The summed E-state index contributed by atoms with van der Waals surface area (Å²) in [6, 6.07) is 1.83. The maximum atomic E-state index is 11.7. The number of amides is 1. The predicted molar refractivity (Wildman–Crippen MR) is 104 cm³/mol. The van der Waals surface area contributed by atoms with Crippen molar-refractivity contribution in [2.75, 3.05) is 32.5 Å². The number of rotatable bonds is 6. The minimum atomic E-state index is 0.00180. The molecule has 0 aromatic carbocycles. The van der Waals surface area contributed by atoms with Crippen LogP contribution < -0.4 is 16.0 Å². The highest BCUT2D eigenvalue weighted by Gasteiger charge is 2.23. The van der Waals surface area contributed by atoms with Gasteiger partial charge in [-0.3, -0.25) is 15.2 Å². The van der Waals surface area contributed by atoms with E-state index in [-0.39, 0.29) is 11.7 Å². The molecule has 0 aliphatic carbocycles. The molecule has 5 N–H and O–H groups in total. The third-order valence-electron chi connectivity index (χ3n) is 4.19. The molecule has 1 aromatic heterocycles. The molecule has 26 heavy (non-hydrogen) atoms. The van der Waals surface area contributed by atoms with Gasteiger partial charge in [-0.05, 0) is 6.07 Å². The SMILES string of the molecule is CN/C=C(\C=N)c1cncc(NC(=N)C2=C(NC)CCN(C(C)=O)C2)c1. The van der Waals surface area contributed by atoms with Crippen molar-refractivity contribution in [2.24, 2.45) is 0 Å². The molecule has 2 rings (SSSR count). The number of hydrogen-bond donors (Lipinski definition) is 5. The van der Waals surface area contributed by atoms with Crippen LogP contribution in [0.5, 0.6) is 0 Å². The largest absolute Gasteiger partial charge is 0.393 e. The predicted octanol–water partition coefficient (Wildman–Crippen LogP) is 1.41. The zero-order valence-electron chi connectivity index (χ0n) is 15.3. The summed E-state index contributed by atoms with van der Waals surface area (Å²) in [5, 5.41) is 25.0. The Labute approximate surface area is 153 Å². The second-order valence-corrected chi connectivity index (χ2v) is 5.89. The normalized spacial score (nSPS) is 14.7. The molecule has 0 saturated heterocycles. The Morgan fingerprint density at radius 1 is 1.35 bits per heavy atom. The Morgan fingerprint density at radius 3 is 2.73 bits per heavy atom. The lowest BCUT2D eigenvalue weighted by Gasteiger charge is -2.30. The van der Waals surface area contributed by atoms with E-state index < -0.39 is 0 Å². The molecule has 0 bridgehead atoms. The van der Waals surface area contributed by atoms with Gasteiger partial charge in [-0.2, -0.15) is 0 Å². The fourth-order valence-electron chi connectivity index (χ4n) is 2.79. The highest BCUT2D eigenvalue weighted by Crippen LogP contribution is 2.20. The Hall–Kier alpha value is -3.16. The quantitative estimate of drug-likeness (QED) is 0.391. The number of allylic oxidation sites excluding steroid dienone is 1. The van der Waals surface area contributed by atoms with Gasteiger partial charge in [0, 0.05) is 75.0 Å². The highest BCUT2D eigenvalue weighted by atomic mass is 16.2. The zero-order valence-corrected chi connectivity index (χ0v) is 15.3. The van der Waals surface area contributed by atoms with E-state index >= 15 is 0 Å². The van der Waals surface area contributed by atoms with Crippen LogP contribution in [0, 0.1) is 10.8 Å². The molecule has 1 aromatic rings. The first kappa shape index (κ1) is 19.2. The van der Waals surface area contributed by atoms with Gasteiger partial charge in [0.1, 0.15) is 5.84 Å². The van der Waals surface area contributed by atoms with Gasteiger partial charge in [0.05, 0.1) is 18.4 Å². The van der Waals surface area contributed by atoms with Crippen LogP contribution in [0.3, 0.4) is 0 Å². The van der Waals surface area contributed by atoms with Gasteiger partial charge in [0.25, 0.3) is 0 Å². The third kappa shape index (κ3) is 4.47. The molecule has 0 spiro atoms. The first-order chi connectivity index (χ1) is 12.5. The number of amidine groups is 1. The number of hydrogen-bond acceptors (Lipinski definition) is 6. The molecule has 0 atom stereocenters. The summed E-state index contributed by atoms with van der Waals surface area (Å²) in [5.74, 6) is 0.232. The molecule has 0 fully saturated rings. The first-order valence-electron chi connectivity index (χ1n) is 8.34. The minimum absolute atomic E-state index is 0.00180. The van der Waals surface area contributed by atoms with E-state index in [1.54, 1.807) is 37.5 Å². The van der Waals surface area contributed by atoms with Crippen LogP contribution in [-0.4, -0.2) is 55.0 Å². The van der Waals surface area contributed by atoms with Crippen LogP contribution in [0.1, 0.15) is 18.9 Å². The van der Waals surface area contributed by atoms with Gasteiger partial charge in [0.2, 0.25) is 5.91 Å². The summed E-state index contributed by atoms with van der Waals surface area (Å²) in [4.78, 5) is 17.6. The van der Waals surface area contributed by atoms with E-state index in [0.717, 1.165) is 16.8 Å². The van der Waals surface area contributed by atoms with Crippen molar-refractivity contribution in [1.29, 1.82) is 10.8 Å². The molecule has 0 unspecified atom stereocenters. The molecule has 1 amide bonds. The van der Waals surface area contributed by atoms with Crippen molar-refractivity contribution < 1.29 is 4.79 Å². The number of carbonyl (C=O) groups excluding carboxylic acids is 1. The summed E-state index contributed by atoms with van der Waals surface area (Å²) in [6.07, 6.45) is 6.95. The number of pyridine rings is 1. The summed E-state index contributed by atoms with van der Waals surface area (Å²) in [6.45, 7) is 2.59. The number of nitrogens with one attached hydrogen (secondary N) is 5. The molecular formula is C18H25N7O. The minimum Gasteiger partial charge on any atom is -0.393 e. The van der Waals surface area contributed by atoms with Crippen molar-refractivity contribution in [3.8, 4) is 0 Å². The topological polar surface area (TPSA) is 117 Å². The fraction of sp³-hybridized carbons (Fsp3) is 0.333. The van der Waals surface area contributed by atoms with Crippen molar-refractivity contribution in [2.45, 2.75) is 13.3 Å². The van der Waals surface area contributed by atoms with E-state index in [2.05, 4.69) is 20.9 Å². The molecular weight excluding hydrogens is 330 g/mol. The summed E-state index contributed by atoms with van der Waals surface area (Å²) < 4.78 is 0. The average molecular weight is 355 g/mol. The molecule has 1 aliphatic heterocycles. The van der Waals surface area contributed by atoms with Crippen molar-refractivity contribution in [3.05, 3.63) is 41.5 Å². The van der Waals surface area contributed by atoms with Gasteiger partial charge in [0.15, 0.2) is 0 Å². The average Bonchev–Trinajstić information content (AvgIpc) is 2.65. The Kier molecular flexibility index (Phi) is 6.48. The lowest BCUT2D eigenvalue weighted by molar-refractivity contribution is -0.128. The first-order valence-corrected chi connectivity index (χ1v) is 8.34. The fourth-order valence-corrected chi connectivity index (χ4v) is 2.79. The van der Waals surface area contributed by atoms with E-state index in [1.165, 1.54) is 6.21 Å². The van der Waals surface area contributed by atoms with Gasteiger partial charge in [-0.15, -0.1) is 0 Å². The summed E-state index contributed by atoms with van der Waals surface area (Å²) >= 11 is 0. The lowest BCUT2D eigenvalue weighted by atomic mass is 10.0. The van der Waals surface area contributed by atoms with E-state index in [4.69, 9.17) is 10.8 Å². The summed E-state index contributed by atoms with van der Waals surface area (Å²) in [7, 11) is 3.59. The molecule has 138 valence electrons. The molecule has 0 saturated carbocycles. The van der Waals surface area contributed by atoms with Crippen LogP contribution in [0.25, 0.3) is 5.57 Å². The summed E-state index contributed by atoms with van der Waals surface area (Å²) in [5.41, 5.74) is 3.82. The lowest BCUT2D eigenvalue weighted by Crippen LogP contribution is -2.40. The third-order valence-corrected chi connectivity index (χ3v) is 4.19. The van der Waals surface area contributed by atoms with Crippen LogP contribution in [0.4, 0.5) is 5.69 Å². The smallest absolute Gasteiger partial charge is 0.219 e. The number of nitrogens with zero attached hydrogens (tertiary/aromatic N) is 2. The highest BCUT2D eigenvalue weighted by molar-refractivity contribution is 6.09. The standard InChI is InChI=1S/C18H25N7O/c1-12(26)25-5-4-17(22-3)16(11-25)18(20)24-15-6-13(9-23-10-15)14(7-19)8-21-2/h6-10,19,21-22H,4-5,11H2,1-3H3,(H2,20,24)/b14-8+,19-7?. The van der Waals surface area contributed by atoms with Crippen LogP contribution in [-0.2, 0) is 4.79 Å². The zero-order chi connectivity index (χ0) is 19.1. The van der Waals surface area contributed by atoms with E-state index in [9.17, 15) is 4.79 Å². The van der Waals surface area contributed by atoms with Crippen LogP contribution in [0.2, 0.25) is 0 Å². The van der Waals surface area contributed by atoms with Gasteiger partial charge in [-0.1, -0.05) is 0 Å². The molecule has 8 heteroatoms. The second kappa shape index (κ2) is 8.80. The van der Waals surface area contributed by atoms with Gasteiger partial charge >= 0.3 is 0 Å². The van der Waals surface area contributed by atoms with Gasteiger partial charge in [-0.25, -0.2) is 0 Å². The van der Waals surface area contributed by atoms with Crippen LogP contribution in [0.15, 0.2) is 35.9 Å². The van der Waals surface area contributed by atoms with E-state index in [1.807, 2.05) is 13.1 Å². The maximum absolute atomic E-state index is 11.7. The maximum Gasteiger partial charge on any atom is 0.219 e. The number of aromatic nitrogens is 1. The van der Waals surface area contributed by atoms with Gasteiger partial charge < -0.3 is 26.3 Å². The molecule has 0 radical (unpaired) electrons. The Morgan fingerprint density at radius 2 is 2.12 bits per heavy atom. The van der Waals surface area contributed by atoms with Crippen molar-refractivity contribution in [3.63, 3.8) is 0 Å². The number of carbonyl (C=O) groups is 1. The van der Waals surface area contributed by atoms with Crippen molar-refractivity contribution in [1.82, 2.24) is 20.5 Å². The number of anilines is 1.